The first-order valence-electron chi connectivity index (χ1n) is 7.55. The topological polar surface area (TPSA) is 68.0 Å². The lowest BCUT2D eigenvalue weighted by Crippen LogP contribution is -2.25. The van der Waals surface area contributed by atoms with E-state index in [1.54, 1.807) is 24.3 Å². The summed E-state index contributed by atoms with van der Waals surface area (Å²) in [4.78, 5) is 12.0. The molecule has 122 valence electrons. The molecule has 3 aromatic rings. The van der Waals surface area contributed by atoms with Crippen molar-refractivity contribution < 1.29 is 13.6 Å². The fourth-order valence-corrected chi connectivity index (χ4v) is 2.15. The minimum Gasteiger partial charge on any atom is -0.421 e. The quantitative estimate of drug-likeness (QED) is 0.782. The molecule has 0 aliphatic rings. The van der Waals surface area contributed by atoms with Crippen LogP contribution in [0.15, 0.2) is 52.9 Å². The van der Waals surface area contributed by atoms with Crippen LogP contribution in [0.3, 0.4) is 0 Å². The normalized spacial score (nSPS) is 10.6. The van der Waals surface area contributed by atoms with E-state index in [0.29, 0.717) is 35.9 Å². The number of halogens is 1. The van der Waals surface area contributed by atoms with Crippen LogP contribution in [0.5, 0.6) is 0 Å². The Labute approximate surface area is 138 Å². The molecule has 0 aliphatic heterocycles. The third kappa shape index (κ3) is 3.84. The monoisotopic (exact) mass is 325 g/mol. The molecule has 2 aromatic carbocycles. The Bertz CT molecular complexity index is 826. The van der Waals surface area contributed by atoms with Gasteiger partial charge in [-0.15, -0.1) is 10.2 Å². The van der Waals surface area contributed by atoms with Crippen molar-refractivity contribution in [1.82, 2.24) is 15.5 Å². The predicted molar refractivity (Wildman–Crippen MR) is 86.9 cm³/mol. The van der Waals surface area contributed by atoms with E-state index in [9.17, 15) is 9.18 Å². The first kappa shape index (κ1) is 15.9. The summed E-state index contributed by atoms with van der Waals surface area (Å²) in [6.07, 6.45) is 0.422. The van der Waals surface area contributed by atoms with Crippen molar-refractivity contribution in [2.24, 2.45) is 0 Å². The van der Waals surface area contributed by atoms with Crippen molar-refractivity contribution in [3.05, 3.63) is 71.4 Å². The molecule has 1 aromatic heterocycles. The van der Waals surface area contributed by atoms with E-state index in [0.717, 1.165) is 5.56 Å². The zero-order valence-electron chi connectivity index (χ0n) is 13.1. The smallest absolute Gasteiger partial charge is 0.251 e. The van der Waals surface area contributed by atoms with E-state index in [2.05, 4.69) is 15.5 Å². The SMILES string of the molecule is Cc1ccc(C(=O)NCCc2nnc(-c3ccc(F)cc3)o2)cc1. The van der Waals surface area contributed by atoms with Crippen LogP contribution >= 0.6 is 0 Å². The van der Waals surface area contributed by atoms with E-state index >= 15 is 0 Å². The zero-order chi connectivity index (χ0) is 16.9. The van der Waals surface area contributed by atoms with E-state index in [4.69, 9.17) is 4.42 Å². The summed E-state index contributed by atoms with van der Waals surface area (Å²) in [7, 11) is 0. The minimum absolute atomic E-state index is 0.145. The van der Waals surface area contributed by atoms with E-state index in [1.165, 1.54) is 12.1 Å². The molecule has 24 heavy (non-hydrogen) atoms. The number of benzene rings is 2. The number of aryl methyl sites for hydroxylation is 1. The number of hydrogen-bond donors (Lipinski definition) is 1. The summed E-state index contributed by atoms with van der Waals surface area (Å²) in [6, 6.07) is 13.2. The summed E-state index contributed by atoms with van der Waals surface area (Å²) < 4.78 is 18.4. The van der Waals surface area contributed by atoms with Crippen LogP contribution in [-0.4, -0.2) is 22.6 Å². The van der Waals surface area contributed by atoms with E-state index < -0.39 is 0 Å². The third-order valence-corrected chi connectivity index (χ3v) is 3.50. The molecule has 1 amide bonds. The van der Waals surface area contributed by atoms with Gasteiger partial charge < -0.3 is 9.73 Å². The second-order valence-corrected chi connectivity index (χ2v) is 5.38. The Kier molecular flexibility index (Phi) is 4.65. The Balaban J connectivity index is 1.55. The highest BCUT2D eigenvalue weighted by Gasteiger charge is 2.10. The van der Waals surface area contributed by atoms with Gasteiger partial charge in [-0.1, -0.05) is 17.7 Å². The maximum atomic E-state index is 12.9. The molecule has 0 radical (unpaired) electrons. The highest BCUT2D eigenvalue weighted by atomic mass is 19.1. The average Bonchev–Trinajstić information content (AvgIpc) is 3.05. The molecule has 0 aliphatic carbocycles. The molecule has 0 saturated carbocycles. The maximum absolute atomic E-state index is 12.9. The number of aromatic nitrogens is 2. The minimum atomic E-state index is -0.322. The summed E-state index contributed by atoms with van der Waals surface area (Å²) in [5, 5.41) is 10.7. The van der Waals surface area contributed by atoms with Gasteiger partial charge in [0.25, 0.3) is 5.91 Å². The van der Waals surface area contributed by atoms with E-state index in [-0.39, 0.29) is 11.7 Å². The van der Waals surface area contributed by atoms with Crippen molar-refractivity contribution in [3.63, 3.8) is 0 Å². The van der Waals surface area contributed by atoms with Crippen LogP contribution < -0.4 is 5.32 Å². The molecule has 0 spiro atoms. The van der Waals surface area contributed by atoms with Crippen LogP contribution in [0, 0.1) is 12.7 Å². The predicted octanol–water partition coefficient (Wildman–Crippen LogP) is 3.16. The number of nitrogens with zero attached hydrogens (tertiary/aromatic N) is 2. The van der Waals surface area contributed by atoms with Crippen molar-refractivity contribution >= 4 is 5.91 Å². The largest absolute Gasteiger partial charge is 0.421 e. The van der Waals surface area contributed by atoms with Crippen LogP contribution in [0.2, 0.25) is 0 Å². The Hall–Kier alpha value is -3.02. The number of rotatable bonds is 5. The van der Waals surface area contributed by atoms with Gasteiger partial charge in [-0.3, -0.25) is 4.79 Å². The molecule has 5 nitrogen and oxygen atoms in total. The molecule has 0 atom stereocenters. The first-order valence-corrected chi connectivity index (χ1v) is 7.55. The number of carbonyl (C=O) groups is 1. The number of amides is 1. The van der Waals surface area contributed by atoms with Gasteiger partial charge in [-0.25, -0.2) is 4.39 Å². The summed E-state index contributed by atoms with van der Waals surface area (Å²) in [5.74, 6) is 0.277. The number of nitrogens with one attached hydrogen (secondary N) is 1. The standard InChI is InChI=1S/C18H16FN3O2/c1-12-2-4-13(5-3-12)17(23)20-11-10-16-21-22-18(24-16)14-6-8-15(19)9-7-14/h2-9H,10-11H2,1H3,(H,20,23). The van der Waals surface area contributed by atoms with Gasteiger partial charge >= 0.3 is 0 Å². The van der Waals surface area contributed by atoms with Crippen LogP contribution in [-0.2, 0) is 6.42 Å². The number of carbonyl (C=O) groups excluding carboxylic acids is 1. The lowest BCUT2D eigenvalue weighted by Gasteiger charge is -2.03. The molecule has 1 heterocycles. The lowest BCUT2D eigenvalue weighted by atomic mass is 10.1. The first-order chi connectivity index (χ1) is 11.6. The van der Waals surface area contributed by atoms with Gasteiger partial charge in [0, 0.05) is 24.1 Å². The maximum Gasteiger partial charge on any atom is 0.251 e. The van der Waals surface area contributed by atoms with Crippen molar-refractivity contribution in [1.29, 1.82) is 0 Å². The lowest BCUT2D eigenvalue weighted by molar-refractivity contribution is 0.0953. The summed E-state index contributed by atoms with van der Waals surface area (Å²) in [6.45, 7) is 2.35. The van der Waals surface area contributed by atoms with Gasteiger partial charge in [0.1, 0.15) is 5.82 Å². The van der Waals surface area contributed by atoms with Crippen molar-refractivity contribution in [2.75, 3.05) is 6.54 Å². The van der Waals surface area contributed by atoms with Gasteiger partial charge in [0.15, 0.2) is 0 Å². The molecular weight excluding hydrogens is 309 g/mol. The van der Waals surface area contributed by atoms with Crippen molar-refractivity contribution in [3.8, 4) is 11.5 Å². The Morgan fingerprint density at radius 3 is 2.50 bits per heavy atom. The van der Waals surface area contributed by atoms with Crippen LogP contribution in [0.4, 0.5) is 4.39 Å². The molecule has 3 rings (SSSR count). The van der Waals surface area contributed by atoms with Crippen LogP contribution in [0.25, 0.3) is 11.5 Å². The highest BCUT2D eigenvalue weighted by Crippen LogP contribution is 2.18. The molecule has 0 fully saturated rings. The zero-order valence-corrected chi connectivity index (χ0v) is 13.1. The molecule has 1 N–H and O–H groups in total. The van der Waals surface area contributed by atoms with Crippen LogP contribution in [0.1, 0.15) is 21.8 Å². The molecule has 6 heteroatoms. The van der Waals surface area contributed by atoms with Gasteiger partial charge in [-0.2, -0.15) is 0 Å². The van der Waals surface area contributed by atoms with E-state index in [1.807, 2.05) is 19.1 Å². The Morgan fingerprint density at radius 2 is 1.79 bits per heavy atom. The van der Waals surface area contributed by atoms with Gasteiger partial charge in [0.2, 0.25) is 11.8 Å². The van der Waals surface area contributed by atoms with Crippen molar-refractivity contribution in [2.45, 2.75) is 13.3 Å². The molecule has 0 unspecified atom stereocenters. The Morgan fingerprint density at radius 1 is 1.08 bits per heavy atom. The number of hydrogen-bond acceptors (Lipinski definition) is 4. The molecule has 0 bridgehead atoms. The fraction of sp³-hybridized carbons (Fsp3) is 0.167. The third-order valence-electron chi connectivity index (χ3n) is 3.50. The second kappa shape index (κ2) is 7.04. The summed E-state index contributed by atoms with van der Waals surface area (Å²) >= 11 is 0. The van der Waals surface area contributed by atoms with Gasteiger partial charge in [-0.05, 0) is 43.3 Å². The summed E-state index contributed by atoms with van der Waals surface area (Å²) in [5.41, 5.74) is 2.36. The molecule has 0 saturated heterocycles. The fourth-order valence-electron chi connectivity index (χ4n) is 2.15. The average molecular weight is 325 g/mol. The highest BCUT2D eigenvalue weighted by molar-refractivity contribution is 5.94. The molecular formula is C18H16FN3O2. The second-order valence-electron chi connectivity index (χ2n) is 5.38. The van der Waals surface area contributed by atoms with Gasteiger partial charge in [0.05, 0.1) is 0 Å².